The minimum Gasteiger partial charge on any atom is -0.506 e. The summed E-state index contributed by atoms with van der Waals surface area (Å²) >= 11 is 5.86. The predicted molar refractivity (Wildman–Crippen MR) is 62.4 cm³/mol. The fourth-order valence-corrected chi connectivity index (χ4v) is 1.78. The number of rotatable bonds is 2. The molecule has 0 saturated carbocycles. The van der Waals surface area contributed by atoms with Crippen molar-refractivity contribution in [1.29, 1.82) is 0 Å². The topological polar surface area (TPSA) is 33.1 Å². The van der Waals surface area contributed by atoms with E-state index >= 15 is 0 Å². The molecule has 0 unspecified atom stereocenters. The molecular weight excluding hydrogens is 210 g/mol. The van der Waals surface area contributed by atoms with E-state index in [1.807, 2.05) is 12.1 Å². The number of hydrogen-bond donors (Lipinski definition) is 1. The maximum Gasteiger partial charge on any atom is 0.137 e. The van der Waals surface area contributed by atoms with E-state index in [2.05, 4.69) is 11.9 Å². The molecule has 15 heavy (non-hydrogen) atoms. The lowest BCUT2D eigenvalue weighted by molar-refractivity contribution is 0.465. The van der Waals surface area contributed by atoms with Gasteiger partial charge in [0, 0.05) is 10.4 Å². The summed E-state index contributed by atoms with van der Waals surface area (Å²) < 4.78 is 0. The van der Waals surface area contributed by atoms with Crippen LogP contribution in [0.25, 0.3) is 10.9 Å². The first kappa shape index (κ1) is 10.2. The number of pyridine rings is 1. The van der Waals surface area contributed by atoms with Crippen LogP contribution >= 0.6 is 11.6 Å². The second-order valence-electron chi connectivity index (χ2n) is 3.54. The fraction of sp³-hybridized carbons (Fsp3) is 0.250. The Balaban J connectivity index is 2.60. The maximum atomic E-state index is 9.72. The Morgan fingerprint density at radius 3 is 2.87 bits per heavy atom. The molecule has 0 fully saturated rings. The second kappa shape index (κ2) is 4.07. The summed E-state index contributed by atoms with van der Waals surface area (Å²) in [7, 11) is 0. The van der Waals surface area contributed by atoms with E-state index in [9.17, 15) is 5.11 Å². The van der Waals surface area contributed by atoms with Crippen molar-refractivity contribution in [3.05, 3.63) is 35.0 Å². The van der Waals surface area contributed by atoms with E-state index in [0.717, 1.165) is 29.4 Å². The molecule has 0 aliphatic carbocycles. The summed E-state index contributed by atoms with van der Waals surface area (Å²) in [5.74, 6) is 0.256. The van der Waals surface area contributed by atoms with Gasteiger partial charge in [-0.3, -0.25) is 0 Å². The van der Waals surface area contributed by atoms with Gasteiger partial charge in [0.05, 0.1) is 11.2 Å². The van der Waals surface area contributed by atoms with Crippen LogP contribution in [0.5, 0.6) is 5.75 Å². The molecule has 0 amide bonds. The Labute approximate surface area is 93.5 Å². The molecule has 78 valence electrons. The van der Waals surface area contributed by atoms with Gasteiger partial charge in [0.25, 0.3) is 0 Å². The van der Waals surface area contributed by atoms with Crippen molar-refractivity contribution in [2.24, 2.45) is 0 Å². The zero-order valence-electron chi connectivity index (χ0n) is 8.50. The van der Waals surface area contributed by atoms with Crippen LogP contribution in [0.15, 0.2) is 24.3 Å². The van der Waals surface area contributed by atoms with Gasteiger partial charge in [0.15, 0.2) is 0 Å². The summed E-state index contributed by atoms with van der Waals surface area (Å²) in [5, 5.41) is 11.3. The highest BCUT2D eigenvalue weighted by atomic mass is 35.5. The standard InChI is InChI=1S/C12H12ClNO/c1-2-3-11-12(15)7-8-6-9(13)4-5-10(8)14-11/h4-7,15H,2-3H2,1H3. The Kier molecular flexibility index (Phi) is 2.78. The molecule has 1 heterocycles. The van der Waals surface area contributed by atoms with Crippen LogP contribution in [0, 0.1) is 0 Å². The molecule has 2 nitrogen and oxygen atoms in total. The minimum absolute atomic E-state index is 0.256. The SMILES string of the molecule is CCCc1nc2ccc(Cl)cc2cc1O. The first-order chi connectivity index (χ1) is 7.20. The van der Waals surface area contributed by atoms with Crippen molar-refractivity contribution in [2.75, 3.05) is 0 Å². The molecular formula is C12H12ClNO. The third-order valence-corrected chi connectivity index (χ3v) is 2.55. The normalized spacial score (nSPS) is 10.8. The van der Waals surface area contributed by atoms with Crippen LogP contribution in [0.1, 0.15) is 19.0 Å². The van der Waals surface area contributed by atoms with Gasteiger partial charge in [-0.25, -0.2) is 4.98 Å². The number of aryl methyl sites for hydroxylation is 1. The molecule has 0 radical (unpaired) electrons. The van der Waals surface area contributed by atoms with Gasteiger partial charge in [-0.2, -0.15) is 0 Å². The first-order valence-corrected chi connectivity index (χ1v) is 5.36. The van der Waals surface area contributed by atoms with Gasteiger partial charge < -0.3 is 5.11 Å². The molecule has 0 aliphatic rings. The smallest absolute Gasteiger partial charge is 0.137 e. The highest BCUT2D eigenvalue weighted by Gasteiger charge is 2.05. The zero-order valence-corrected chi connectivity index (χ0v) is 9.25. The van der Waals surface area contributed by atoms with E-state index in [-0.39, 0.29) is 5.75 Å². The average molecular weight is 222 g/mol. The Hall–Kier alpha value is -1.28. The minimum atomic E-state index is 0.256. The van der Waals surface area contributed by atoms with E-state index in [1.165, 1.54) is 0 Å². The number of halogens is 1. The van der Waals surface area contributed by atoms with Gasteiger partial charge in [-0.15, -0.1) is 0 Å². The summed E-state index contributed by atoms with van der Waals surface area (Å²) in [5.41, 5.74) is 1.63. The quantitative estimate of drug-likeness (QED) is 0.842. The maximum absolute atomic E-state index is 9.72. The van der Waals surface area contributed by atoms with Gasteiger partial charge >= 0.3 is 0 Å². The Morgan fingerprint density at radius 1 is 1.33 bits per heavy atom. The van der Waals surface area contributed by atoms with Crippen LogP contribution in [0.3, 0.4) is 0 Å². The number of hydrogen-bond acceptors (Lipinski definition) is 2. The van der Waals surface area contributed by atoms with Crippen molar-refractivity contribution in [3.8, 4) is 5.75 Å². The van der Waals surface area contributed by atoms with Gasteiger partial charge in [0.2, 0.25) is 0 Å². The Bertz CT molecular complexity index is 496. The van der Waals surface area contributed by atoms with E-state index in [4.69, 9.17) is 11.6 Å². The molecule has 0 spiro atoms. The van der Waals surface area contributed by atoms with Crippen LogP contribution in [-0.2, 0) is 6.42 Å². The summed E-state index contributed by atoms with van der Waals surface area (Å²) in [6.45, 7) is 2.06. The summed E-state index contributed by atoms with van der Waals surface area (Å²) in [6, 6.07) is 7.21. The van der Waals surface area contributed by atoms with Crippen molar-refractivity contribution >= 4 is 22.5 Å². The lowest BCUT2D eigenvalue weighted by Crippen LogP contribution is -1.91. The largest absolute Gasteiger partial charge is 0.506 e. The third kappa shape index (κ3) is 2.05. The second-order valence-corrected chi connectivity index (χ2v) is 3.98. The molecule has 1 aromatic carbocycles. The summed E-state index contributed by atoms with van der Waals surface area (Å²) in [4.78, 5) is 4.40. The monoisotopic (exact) mass is 221 g/mol. The lowest BCUT2D eigenvalue weighted by Gasteiger charge is -2.05. The highest BCUT2D eigenvalue weighted by molar-refractivity contribution is 6.31. The number of aromatic hydroxyl groups is 1. The van der Waals surface area contributed by atoms with Crippen molar-refractivity contribution in [1.82, 2.24) is 4.98 Å². The number of nitrogens with zero attached hydrogens (tertiary/aromatic N) is 1. The van der Waals surface area contributed by atoms with E-state index in [0.29, 0.717) is 5.02 Å². The number of fused-ring (bicyclic) bond motifs is 1. The molecule has 1 N–H and O–H groups in total. The molecule has 0 aliphatic heterocycles. The van der Waals surface area contributed by atoms with Gasteiger partial charge in [-0.05, 0) is 30.7 Å². The first-order valence-electron chi connectivity index (χ1n) is 4.99. The third-order valence-electron chi connectivity index (χ3n) is 2.32. The van der Waals surface area contributed by atoms with E-state index in [1.54, 1.807) is 12.1 Å². The predicted octanol–water partition coefficient (Wildman–Crippen LogP) is 3.55. The molecule has 0 bridgehead atoms. The lowest BCUT2D eigenvalue weighted by atomic mass is 10.1. The molecule has 1 aromatic heterocycles. The van der Waals surface area contributed by atoms with Gasteiger partial charge in [0.1, 0.15) is 5.75 Å². The number of benzene rings is 1. The average Bonchev–Trinajstić information content (AvgIpc) is 2.20. The van der Waals surface area contributed by atoms with Crippen molar-refractivity contribution in [2.45, 2.75) is 19.8 Å². The zero-order chi connectivity index (χ0) is 10.8. The van der Waals surface area contributed by atoms with Crippen molar-refractivity contribution < 1.29 is 5.11 Å². The molecule has 0 saturated heterocycles. The highest BCUT2D eigenvalue weighted by Crippen LogP contribution is 2.25. The molecule has 2 aromatic rings. The molecule has 2 rings (SSSR count). The molecule has 0 atom stereocenters. The van der Waals surface area contributed by atoms with Crippen LogP contribution < -0.4 is 0 Å². The van der Waals surface area contributed by atoms with Gasteiger partial charge in [-0.1, -0.05) is 24.9 Å². The van der Waals surface area contributed by atoms with Crippen LogP contribution in [0.4, 0.5) is 0 Å². The van der Waals surface area contributed by atoms with Crippen LogP contribution in [-0.4, -0.2) is 10.1 Å². The Morgan fingerprint density at radius 2 is 2.13 bits per heavy atom. The van der Waals surface area contributed by atoms with Crippen LogP contribution in [0.2, 0.25) is 5.02 Å². The molecule has 3 heteroatoms. The summed E-state index contributed by atoms with van der Waals surface area (Å²) in [6.07, 6.45) is 1.77. The fourth-order valence-electron chi connectivity index (χ4n) is 1.60. The van der Waals surface area contributed by atoms with Crippen molar-refractivity contribution in [3.63, 3.8) is 0 Å². The van der Waals surface area contributed by atoms with E-state index < -0.39 is 0 Å². The number of aromatic nitrogens is 1.